The van der Waals surface area contributed by atoms with E-state index in [4.69, 9.17) is 9.26 Å². The van der Waals surface area contributed by atoms with E-state index in [1.807, 2.05) is 6.92 Å². The van der Waals surface area contributed by atoms with Gasteiger partial charge in [-0.05, 0) is 18.6 Å². The molecule has 1 aromatic carbocycles. The number of aromatic hydroxyl groups is 1. The summed E-state index contributed by atoms with van der Waals surface area (Å²) in [7, 11) is 0. The van der Waals surface area contributed by atoms with Crippen molar-refractivity contribution in [3.63, 3.8) is 0 Å². The molecule has 1 aromatic heterocycles. The van der Waals surface area contributed by atoms with Gasteiger partial charge in [-0.2, -0.15) is 4.98 Å². The Morgan fingerprint density at radius 3 is 2.95 bits per heavy atom. The first-order valence-electron chi connectivity index (χ1n) is 5.97. The summed E-state index contributed by atoms with van der Waals surface area (Å²) in [5, 5.41) is 13.2. The van der Waals surface area contributed by atoms with E-state index < -0.39 is 5.97 Å². The molecule has 1 N–H and O–H groups in total. The molecule has 2 rings (SSSR count). The topological polar surface area (TPSA) is 85.5 Å². The molecular formula is C13H14N2O4. The highest BCUT2D eigenvalue weighted by Gasteiger charge is 2.14. The van der Waals surface area contributed by atoms with Gasteiger partial charge in [0.1, 0.15) is 11.3 Å². The number of hydrogen-bond acceptors (Lipinski definition) is 6. The SMILES string of the molecule is CCCc1noc(COC(=O)c2ccccc2O)n1. The number of phenols is 1. The first-order valence-corrected chi connectivity index (χ1v) is 5.97. The minimum atomic E-state index is -0.631. The van der Waals surface area contributed by atoms with Crippen molar-refractivity contribution in [2.45, 2.75) is 26.4 Å². The lowest BCUT2D eigenvalue weighted by Crippen LogP contribution is -2.05. The second-order valence-corrected chi connectivity index (χ2v) is 3.95. The molecule has 0 amide bonds. The molecule has 0 aliphatic rings. The van der Waals surface area contributed by atoms with Crippen LogP contribution in [-0.2, 0) is 17.8 Å². The fraction of sp³-hybridized carbons (Fsp3) is 0.308. The predicted molar refractivity (Wildman–Crippen MR) is 65.5 cm³/mol. The van der Waals surface area contributed by atoms with E-state index in [-0.39, 0.29) is 23.8 Å². The molecule has 0 bridgehead atoms. The number of ether oxygens (including phenoxy) is 1. The summed E-state index contributed by atoms with van der Waals surface area (Å²) >= 11 is 0. The average Bonchev–Trinajstić information content (AvgIpc) is 2.85. The van der Waals surface area contributed by atoms with E-state index in [2.05, 4.69) is 10.1 Å². The summed E-state index contributed by atoms with van der Waals surface area (Å²) < 4.78 is 9.92. The maximum Gasteiger partial charge on any atom is 0.342 e. The lowest BCUT2D eigenvalue weighted by atomic mass is 10.2. The first kappa shape index (κ1) is 13.1. The molecule has 19 heavy (non-hydrogen) atoms. The molecule has 6 nitrogen and oxygen atoms in total. The number of rotatable bonds is 5. The Labute approximate surface area is 110 Å². The number of para-hydroxylation sites is 1. The molecular weight excluding hydrogens is 248 g/mol. The second kappa shape index (κ2) is 5.99. The molecule has 100 valence electrons. The van der Waals surface area contributed by atoms with Gasteiger partial charge in [-0.15, -0.1) is 0 Å². The smallest absolute Gasteiger partial charge is 0.342 e. The third kappa shape index (κ3) is 3.31. The van der Waals surface area contributed by atoms with Gasteiger partial charge in [-0.25, -0.2) is 4.79 Å². The molecule has 2 aromatic rings. The Morgan fingerprint density at radius 2 is 2.21 bits per heavy atom. The normalized spacial score (nSPS) is 10.4. The van der Waals surface area contributed by atoms with Gasteiger partial charge < -0.3 is 14.4 Å². The Bertz CT molecular complexity index is 565. The number of phenolic OH excluding ortho intramolecular Hbond substituents is 1. The van der Waals surface area contributed by atoms with Crippen LogP contribution in [0.2, 0.25) is 0 Å². The number of nitrogens with zero attached hydrogens (tertiary/aromatic N) is 2. The first-order chi connectivity index (χ1) is 9.20. The van der Waals surface area contributed by atoms with Crippen molar-refractivity contribution in [1.82, 2.24) is 10.1 Å². The van der Waals surface area contributed by atoms with Gasteiger partial charge in [0.2, 0.25) is 0 Å². The van der Waals surface area contributed by atoms with Crippen molar-refractivity contribution in [2.75, 3.05) is 0 Å². The highest BCUT2D eigenvalue weighted by atomic mass is 16.6. The lowest BCUT2D eigenvalue weighted by Gasteiger charge is -2.03. The number of carbonyl (C=O) groups excluding carboxylic acids is 1. The number of aryl methyl sites for hydroxylation is 1. The minimum absolute atomic E-state index is 0.107. The zero-order valence-electron chi connectivity index (χ0n) is 10.5. The molecule has 0 spiro atoms. The fourth-order valence-electron chi connectivity index (χ4n) is 1.53. The second-order valence-electron chi connectivity index (χ2n) is 3.95. The number of benzene rings is 1. The lowest BCUT2D eigenvalue weighted by molar-refractivity contribution is 0.0426. The molecule has 0 fully saturated rings. The summed E-state index contributed by atoms with van der Waals surface area (Å²) in [4.78, 5) is 15.8. The van der Waals surface area contributed by atoms with E-state index in [1.54, 1.807) is 12.1 Å². The van der Waals surface area contributed by atoms with Crippen LogP contribution in [0.5, 0.6) is 5.75 Å². The standard InChI is InChI=1S/C13H14N2O4/c1-2-5-11-14-12(19-15-11)8-18-13(17)9-6-3-4-7-10(9)16/h3-4,6-7,16H,2,5,8H2,1H3. The van der Waals surface area contributed by atoms with Crippen molar-refractivity contribution in [2.24, 2.45) is 0 Å². The highest BCUT2D eigenvalue weighted by molar-refractivity contribution is 5.92. The fourth-order valence-corrected chi connectivity index (χ4v) is 1.53. The Kier molecular flexibility index (Phi) is 4.12. The van der Waals surface area contributed by atoms with Gasteiger partial charge in [-0.3, -0.25) is 0 Å². The zero-order chi connectivity index (χ0) is 13.7. The van der Waals surface area contributed by atoms with E-state index in [1.165, 1.54) is 12.1 Å². The van der Waals surface area contributed by atoms with Gasteiger partial charge in [0.15, 0.2) is 12.4 Å². The quantitative estimate of drug-likeness (QED) is 0.830. The summed E-state index contributed by atoms with van der Waals surface area (Å²) in [6.45, 7) is 1.90. The van der Waals surface area contributed by atoms with Crippen LogP contribution in [0.15, 0.2) is 28.8 Å². The predicted octanol–water partition coefficient (Wildman–Crippen LogP) is 2.08. The van der Waals surface area contributed by atoms with Crippen LogP contribution in [0.4, 0.5) is 0 Å². The van der Waals surface area contributed by atoms with E-state index in [0.717, 1.165) is 12.8 Å². The molecule has 0 saturated heterocycles. The summed E-state index contributed by atoms with van der Waals surface area (Å²) in [6, 6.07) is 6.17. The summed E-state index contributed by atoms with van der Waals surface area (Å²) in [5.41, 5.74) is 0.107. The number of aromatic nitrogens is 2. The third-order valence-electron chi connectivity index (χ3n) is 2.43. The van der Waals surface area contributed by atoms with Crippen molar-refractivity contribution in [1.29, 1.82) is 0 Å². The van der Waals surface area contributed by atoms with Crippen molar-refractivity contribution < 1.29 is 19.2 Å². The summed E-state index contributed by atoms with van der Waals surface area (Å²) in [6.07, 6.45) is 1.63. The van der Waals surface area contributed by atoms with Gasteiger partial charge in [-0.1, -0.05) is 24.2 Å². The largest absolute Gasteiger partial charge is 0.507 e. The molecule has 0 radical (unpaired) electrons. The van der Waals surface area contributed by atoms with Gasteiger partial charge in [0.05, 0.1) is 0 Å². The minimum Gasteiger partial charge on any atom is -0.507 e. The monoisotopic (exact) mass is 262 g/mol. The van der Waals surface area contributed by atoms with Crippen LogP contribution in [0.1, 0.15) is 35.4 Å². The van der Waals surface area contributed by atoms with E-state index >= 15 is 0 Å². The van der Waals surface area contributed by atoms with Crippen LogP contribution < -0.4 is 0 Å². The molecule has 1 heterocycles. The average molecular weight is 262 g/mol. The Morgan fingerprint density at radius 1 is 1.42 bits per heavy atom. The number of hydrogen-bond donors (Lipinski definition) is 1. The molecule has 0 saturated carbocycles. The van der Waals surface area contributed by atoms with Crippen molar-refractivity contribution >= 4 is 5.97 Å². The van der Waals surface area contributed by atoms with Crippen LogP contribution in [-0.4, -0.2) is 21.2 Å². The molecule has 0 aliphatic carbocycles. The van der Waals surface area contributed by atoms with Crippen molar-refractivity contribution in [3.8, 4) is 5.75 Å². The van der Waals surface area contributed by atoms with E-state index in [9.17, 15) is 9.90 Å². The maximum atomic E-state index is 11.7. The van der Waals surface area contributed by atoms with Crippen LogP contribution in [0.25, 0.3) is 0 Å². The molecule has 0 unspecified atom stereocenters. The highest BCUT2D eigenvalue weighted by Crippen LogP contribution is 2.17. The Hall–Kier alpha value is -2.37. The van der Waals surface area contributed by atoms with Gasteiger partial charge in [0, 0.05) is 6.42 Å². The van der Waals surface area contributed by atoms with Gasteiger partial charge >= 0.3 is 5.97 Å². The number of carbonyl (C=O) groups is 1. The third-order valence-corrected chi connectivity index (χ3v) is 2.43. The number of esters is 1. The van der Waals surface area contributed by atoms with Gasteiger partial charge in [0.25, 0.3) is 5.89 Å². The van der Waals surface area contributed by atoms with Crippen molar-refractivity contribution in [3.05, 3.63) is 41.5 Å². The molecule has 6 heteroatoms. The van der Waals surface area contributed by atoms with Crippen LogP contribution >= 0.6 is 0 Å². The zero-order valence-corrected chi connectivity index (χ0v) is 10.5. The summed E-state index contributed by atoms with van der Waals surface area (Å²) in [5.74, 6) is 0.0846. The molecule has 0 aliphatic heterocycles. The molecule has 0 atom stereocenters. The van der Waals surface area contributed by atoms with Crippen LogP contribution in [0, 0.1) is 0 Å². The Balaban J connectivity index is 1.95. The van der Waals surface area contributed by atoms with Crippen LogP contribution in [0.3, 0.4) is 0 Å². The van der Waals surface area contributed by atoms with E-state index in [0.29, 0.717) is 5.82 Å². The maximum absolute atomic E-state index is 11.7.